The third kappa shape index (κ3) is 2.04. The molecule has 24 heavy (non-hydrogen) atoms. The molecule has 0 aliphatic rings. The predicted molar refractivity (Wildman–Crippen MR) is 104 cm³/mol. The number of hydrogen-bond acceptors (Lipinski definition) is 4. The Morgan fingerprint density at radius 3 is 2.62 bits per heavy atom. The van der Waals surface area contributed by atoms with Crippen LogP contribution in [-0.2, 0) is 0 Å². The highest BCUT2D eigenvalue weighted by Gasteiger charge is 2.14. The van der Waals surface area contributed by atoms with Crippen LogP contribution in [0.1, 0.15) is 5.56 Å². The van der Waals surface area contributed by atoms with Crippen molar-refractivity contribution in [2.45, 2.75) is 6.92 Å². The maximum atomic E-state index is 10.6. The number of fused-ring (bicyclic) bond motifs is 4. The monoisotopic (exact) mass is 347 g/mol. The van der Waals surface area contributed by atoms with Crippen LogP contribution in [0.2, 0.25) is 0 Å². The zero-order valence-electron chi connectivity index (χ0n) is 12.9. The summed E-state index contributed by atoms with van der Waals surface area (Å²) >= 11 is 3.38. The van der Waals surface area contributed by atoms with E-state index in [2.05, 4.69) is 37.3 Å². The van der Waals surface area contributed by atoms with Crippen LogP contribution in [0.4, 0.5) is 0 Å². The molecule has 2 nitrogen and oxygen atoms in total. The van der Waals surface area contributed by atoms with Gasteiger partial charge in [-0.1, -0.05) is 24.3 Å². The second-order valence-corrected chi connectivity index (χ2v) is 8.07. The molecule has 0 aliphatic carbocycles. The summed E-state index contributed by atoms with van der Waals surface area (Å²) in [7, 11) is 0. The molecule has 0 radical (unpaired) electrons. The van der Waals surface area contributed by atoms with E-state index in [0.29, 0.717) is 5.75 Å². The number of nitrogens with zero attached hydrogens (tertiary/aromatic N) is 1. The van der Waals surface area contributed by atoms with Gasteiger partial charge in [0.1, 0.15) is 10.8 Å². The number of phenolic OH excluding ortho intramolecular Hbond substituents is 1. The Bertz CT molecular complexity index is 1230. The number of aromatic hydroxyl groups is 1. The van der Waals surface area contributed by atoms with Gasteiger partial charge in [-0.15, -0.1) is 22.7 Å². The van der Waals surface area contributed by atoms with Crippen LogP contribution in [0.5, 0.6) is 5.75 Å². The number of benzene rings is 3. The summed E-state index contributed by atoms with van der Waals surface area (Å²) in [5, 5.41) is 13.8. The smallest absolute Gasteiger partial charge is 0.128 e. The normalized spacial score (nSPS) is 11.7. The van der Waals surface area contributed by atoms with Crippen LogP contribution >= 0.6 is 22.7 Å². The fourth-order valence-corrected chi connectivity index (χ4v) is 5.29. The minimum Gasteiger partial charge on any atom is -0.507 e. The lowest BCUT2D eigenvalue weighted by molar-refractivity contribution is 0.478. The van der Waals surface area contributed by atoms with E-state index < -0.39 is 0 Å². The highest BCUT2D eigenvalue weighted by Crippen LogP contribution is 2.42. The van der Waals surface area contributed by atoms with Crippen LogP contribution in [-0.4, -0.2) is 10.1 Å². The Hall–Kier alpha value is -2.43. The van der Waals surface area contributed by atoms with Gasteiger partial charge in [0.15, 0.2) is 0 Å². The summed E-state index contributed by atoms with van der Waals surface area (Å²) < 4.78 is 3.57. The first-order valence-electron chi connectivity index (χ1n) is 7.71. The van der Waals surface area contributed by atoms with Crippen molar-refractivity contribution in [1.82, 2.24) is 4.98 Å². The zero-order chi connectivity index (χ0) is 16.3. The van der Waals surface area contributed by atoms with Gasteiger partial charge in [0.05, 0.1) is 15.8 Å². The molecule has 0 unspecified atom stereocenters. The topological polar surface area (TPSA) is 33.1 Å². The van der Waals surface area contributed by atoms with E-state index in [0.717, 1.165) is 26.2 Å². The van der Waals surface area contributed by atoms with E-state index in [4.69, 9.17) is 4.98 Å². The molecule has 0 atom stereocenters. The van der Waals surface area contributed by atoms with E-state index in [9.17, 15) is 5.11 Å². The molecule has 0 bridgehead atoms. The summed E-state index contributed by atoms with van der Waals surface area (Å²) in [5.41, 5.74) is 3.02. The zero-order valence-corrected chi connectivity index (χ0v) is 14.5. The molecule has 2 aromatic heterocycles. The Labute approximate surface area is 146 Å². The highest BCUT2D eigenvalue weighted by atomic mass is 32.1. The Morgan fingerprint density at radius 1 is 0.833 bits per heavy atom. The van der Waals surface area contributed by atoms with Crippen LogP contribution in [0, 0.1) is 6.92 Å². The number of thiophene rings is 1. The van der Waals surface area contributed by atoms with Crippen LogP contribution in [0.3, 0.4) is 0 Å². The van der Waals surface area contributed by atoms with Gasteiger partial charge in [0.25, 0.3) is 0 Å². The second kappa shape index (κ2) is 5.03. The highest BCUT2D eigenvalue weighted by molar-refractivity contribution is 7.26. The van der Waals surface area contributed by atoms with Crippen molar-refractivity contribution in [2.75, 3.05) is 0 Å². The SMILES string of the molecule is Cc1ccc2nc(-c3cc4sc5ccccc5c4cc3O)sc2c1. The van der Waals surface area contributed by atoms with Gasteiger partial charge in [-0.3, -0.25) is 0 Å². The fourth-order valence-electron chi connectivity index (χ4n) is 3.08. The molecule has 0 spiro atoms. The maximum absolute atomic E-state index is 10.6. The summed E-state index contributed by atoms with van der Waals surface area (Å²) in [5.74, 6) is 0.293. The van der Waals surface area contributed by atoms with E-state index in [-0.39, 0.29) is 0 Å². The first kappa shape index (κ1) is 14.0. The lowest BCUT2D eigenvalue weighted by Gasteiger charge is -2.01. The average Bonchev–Trinajstić information content (AvgIpc) is 3.14. The van der Waals surface area contributed by atoms with Gasteiger partial charge in [0, 0.05) is 20.2 Å². The van der Waals surface area contributed by atoms with Gasteiger partial charge < -0.3 is 5.11 Å². The average molecular weight is 347 g/mol. The number of phenols is 1. The molecule has 0 fully saturated rings. The van der Waals surface area contributed by atoms with Gasteiger partial charge in [-0.05, 0) is 42.8 Å². The van der Waals surface area contributed by atoms with Gasteiger partial charge >= 0.3 is 0 Å². The third-order valence-corrected chi connectivity index (χ3v) is 6.45. The largest absolute Gasteiger partial charge is 0.507 e. The molecule has 4 heteroatoms. The standard InChI is InChI=1S/C20H13NOS2/c1-11-6-7-15-19(8-11)24-20(21-15)14-10-18-13(9-16(14)22)12-4-2-3-5-17(12)23-18/h2-10,22H,1H3. The van der Waals surface area contributed by atoms with Crippen LogP contribution in [0.15, 0.2) is 54.6 Å². The lowest BCUT2D eigenvalue weighted by Crippen LogP contribution is -1.78. The molecule has 0 saturated carbocycles. The number of aromatic nitrogens is 1. The minimum absolute atomic E-state index is 0.293. The molecule has 3 aromatic carbocycles. The second-order valence-electron chi connectivity index (χ2n) is 5.95. The van der Waals surface area contributed by atoms with Crippen molar-refractivity contribution in [2.24, 2.45) is 0 Å². The quantitative estimate of drug-likeness (QED) is 0.383. The molecule has 2 heterocycles. The molecule has 0 amide bonds. The van der Waals surface area contributed by atoms with Crippen LogP contribution in [0.25, 0.3) is 41.0 Å². The number of hydrogen-bond donors (Lipinski definition) is 1. The molecule has 5 aromatic rings. The Kier molecular flexibility index (Phi) is 2.93. The van der Waals surface area contributed by atoms with Crippen LogP contribution < -0.4 is 0 Å². The molecule has 116 valence electrons. The first-order valence-corrected chi connectivity index (χ1v) is 9.34. The lowest BCUT2D eigenvalue weighted by atomic mass is 10.1. The van der Waals surface area contributed by atoms with Gasteiger partial charge in [-0.25, -0.2) is 4.98 Å². The Morgan fingerprint density at radius 2 is 1.71 bits per heavy atom. The molecule has 5 rings (SSSR count). The number of rotatable bonds is 1. The van der Waals surface area contributed by atoms with Crippen molar-refractivity contribution in [1.29, 1.82) is 0 Å². The molecular formula is C20H13NOS2. The Balaban J connectivity index is 1.78. The fraction of sp³-hybridized carbons (Fsp3) is 0.0500. The van der Waals surface area contributed by atoms with Crippen molar-refractivity contribution in [3.8, 4) is 16.3 Å². The van der Waals surface area contributed by atoms with E-state index >= 15 is 0 Å². The summed E-state index contributed by atoms with van der Waals surface area (Å²) in [4.78, 5) is 4.71. The maximum Gasteiger partial charge on any atom is 0.128 e. The van der Waals surface area contributed by atoms with Crippen molar-refractivity contribution >= 4 is 53.1 Å². The molecular weight excluding hydrogens is 334 g/mol. The van der Waals surface area contributed by atoms with E-state index in [1.165, 1.54) is 20.3 Å². The van der Waals surface area contributed by atoms with Gasteiger partial charge in [-0.2, -0.15) is 0 Å². The predicted octanol–water partition coefficient (Wildman–Crippen LogP) is 6.35. The third-order valence-electron chi connectivity index (χ3n) is 4.27. The van der Waals surface area contributed by atoms with Gasteiger partial charge in [0.2, 0.25) is 0 Å². The van der Waals surface area contributed by atoms with E-state index in [1.807, 2.05) is 24.3 Å². The van der Waals surface area contributed by atoms with Crippen molar-refractivity contribution in [3.05, 3.63) is 60.2 Å². The van der Waals surface area contributed by atoms with E-state index in [1.54, 1.807) is 22.7 Å². The number of thiazole rings is 1. The summed E-state index contributed by atoms with van der Waals surface area (Å²) in [6.45, 7) is 2.08. The molecule has 0 saturated heterocycles. The minimum atomic E-state index is 0.293. The molecule has 0 aliphatic heterocycles. The van der Waals surface area contributed by atoms with Crippen molar-refractivity contribution in [3.63, 3.8) is 0 Å². The molecule has 1 N–H and O–H groups in total. The van der Waals surface area contributed by atoms with Crippen molar-refractivity contribution < 1.29 is 5.11 Å². The summed E-state index contributed by atoms with van der Waals surface area (Å²) in [6.07, 6.45) is 0. The first-order chi connectivity index (χ1) is 11.7. The summed E-state index contributed by atoms with van der Waals surface area (Å²) in [6, 6.07) is 18.5. The number of aryl methyl sites for hydroxylation is 1.